The third kappa shape index (κ3) is 2.57. The van der Waals surface area contributed by atoms with Gasteiger partial charge in [0.25, 0.3) is 0 Å². The van der Waals surface area contributed by atoms with E-state index in [-0.39, 0.29) is 5.82 Å². The van der Waals surface area contributed by atoms with Gasteiger partial charge in [-0.05, 0) is 42.9 Å². The molecule has 1 atom stereocenters. The average Bonchev–Trinajstić information content (AvgIpc) is 2.94. The zero-order chi connectivity index (χ0) is 10.9. The fraction of sp³-hybridized carbons (Fsp3) is 0.538. The topological polar surface area (TPSA) is 12.0 Å². The molecular formula is C13H18FN. The smallest absolute Gasteiger partial charge is 0.123 e. The fourth-order valence-electron chi connectivity index (χ4n) is 1.79. The molecule has 0 bridgehead atoms. The first-order valence-corrected chi connectivity index (χ1v) is 5.58. The Bertz CT molecular complexity index is 344. The molecule has 1 aliphatic carbocycles. The van der Waals surface area contributed by atoms with E-state index >= 15 is 0 Å². The zero-order valence-electron chi connectivity index (χ0n) is 9.39. The molecule has 1 aromatic carbocycles. The monoisotopic (exact) mass is 207 g/mol. The molecule has 1 aromatic rings. The Kier molecular flexibility index (Phi) is 2.79. The molecule has 0 spiro atoms. The van der Waals surface area contributed by atoms with E-state index in [1.54, 1.807) is 12.1 Å². The average molecular weight is 207 g/mol. The first-order chi connectivity index (χ1) is 7.10. The van der Waals surface area contributed by atoms with Crippen LogP contribution in [0.25, 0.3) is 0 Å². The van der Waals surface area contributed by atoms with E-state index in [0.29, 0.717) is 11.5 Å². The molecule has 82 valence electrons. The van der Waals surface area contributed by atoms with Gasteiger partial charge in [-0.15, -0.1) is 0 Å². The summed E-state index contributed by atoms with van der Waals surface area (Å²) >= 11 is 0. The van der Waals surface area contributed by atoms with E-state index in [4.69, 9.17) is 0 Å². The van der Waals surface area contributed by atoms with Crippen molar-refractivity contribution in [2.24, 2.45) is 5.41 Å². The Balaban J connectivity index is 1.87. The molecule has 1 N–H and O–H groups in total. The summed E-state index contributed by atoms with van der Waals surface area (Å²) in [5, 5.41) is 3.46. The summed E-state index contributed by atoms with van der Waals surface area (Å²) in [6.07, 6.45) is 2.62. The van der Waals surface area contributed by atoms with Gasteiger partial charge >= 0.3 is 0 Å². The van der Waals surface area contributed by atoms with Crippen LogP contribution in [0.2, 0.25) is 0 Å². The van der Waals surface area contributed by atoms with E-state index in [0.717, 1.165) is 12.1 Å². The van der Waals surface area contributed by atoms with E-state index in [9.17, 15) is 4.39 Å². The van der Waals surface area contributed by atoms with Crippen molar-refractivity contribution in [3.8, 4) is 0 Å². The highest BCUT2D eigenvalue weighted by Crippen LogP contribution is 2.47. The van der Waals surface area contributed by atoms with Crippen molar-refractivity contribution in [3.63, 3.8) is 0 Å². The molecule has 0 amide bonds. The number of nitrogens with one attached hydrogen (secondary N) is 1. The Morgan fingerprint density at radius 1 is 1.47 bits per heavy atom. The van der Waals surface area contributed by atoms with Crippen molar-refractivity contribution in [1.82, 2.24) is 5.32 Å². The van der Waals surface area contributed by atoms with E-state index in [1.807, 2.05) is 6.07 Å². The third-order valence-corrected chi connectivity index (χ3v) is 3.59. The van der Waals surface area contributed by atoms with Crippen LogP contribution in [0.3, 0.4) is 0 Å². The second-order valence-electron chi connectivity index (χ2n) is 4.89. The molecule has 1 unspecified atom stereocenters. The summed E-state index contributed by atoms with van der Waals surface area (Å²) in [5.74, 6) is -0.153. The number of hydrogen-bond donors (Lipinski definition) is 1. The zero-order valence-corrected chi connectivity index (χ0v) is 9.39. The van der Waals surface area contributed by atoms with Crippen molar-refractivity contribution >= 4 is 0 Å². The molecule has 0 radical (unpaired) electrons. The van der Waals surface area contributed by atoms with Gasteiger partial charge in [-0.3, -0.25) is 0 Å². The molecule has 0 aromatic heterocycles. The van der Waals surface area contributed by atoms with Gasteiger partial charge in [0.05, 0.1) is 0 Å². The van der Waals surface area contributed by atoms with Gasteiger partial charge in [-0.2, -0.15) is 0 Å². The van der Waals surface area contributed by atoms with Gasteiger partial charge in [-0.1, -0.05) is 19.1 Å². The van der Waals surface area contributed by atoms with Crippen molar-refractivity contribution in [1.29, 1.82) is 0 Å². The SMILES string of the molecule is CC(NCc1cccc(F)c1)C1(C)CC1. The molecule has 2 rings (SSSR count). The van der Waals surface area contributed by atoms with Crippen LogP contribution < -0.4 is 5.32 Å². The number of halogens is 1. The normalized spacial score (nSPS) is 19.9. The molecule has 1 aliphatic rings. The predicted octanol–water partition coefficient (Wildman–Crippen LogP) is 3.10. The molecule has 0 aliphatic heterocycles. The molecule has 1 fully saturated rings. The summed E-state index contributed by atoms with van der Waals surface area (Å²) in [5.41, 5.74) is 1.50. The van der Waals surface area contributed by atoms with Crippen molar-refractivity contribution in [3.05, 3.63) is 35.6 Å². The second-order valence-corrected chi connectivity index (χ2v) is 4.89. The van der Waals surface area contributed by atoms with Crippen molar-refractivity contribution in [2.75, 3.05) is 0 Å². The van der Waals surface area contributed by atoms with Gasteiger partial charge in [0, 0.05) is 12.6 Å². The minimum atomic E-state index is -0.153. The van der Waals surface area contributed by atoms with Crippen LogP contribution >= 0.6 is 0 Å². The lowest BCUT2D eigenvalue weighted by Crippen LogP contribution is -2.32. The summed E-state index contributed by atoms with van der Waals surface area (Å²) in [4.78, 5) is 0. The summed E-state index contributed by atoms with van der Waals surface area (Å²) in [7, 11) is 0. The Morgan fingerprint density at radius 2 is 2.20 bits per heavy atom. The third-order valence-electron chi connectivity index (χ3n) is 3.59. The van der Waals surface area contributed by atoms with Gasteiger partial charge in [-0.25, -0.2) is 4.39 Å². The lowest BCUT2D eigenvalue weighted by molar-refractivity contribution is 0.379. The molecule has 1 nitrogen and oxygen atoms in total. The van der Waals surface area contributed by atoms with Gasteiger partial charge in [0.1, 0.15) is 5.82 Å². The van der Waals surface area contributed by atoms with Gasteiger partial charge in [0.2, 0.25) is 0 Å². The van der Waals surface area contributed by atoms with E-state index in [1.165, 1.54) is 18.9 Å². The van der Waals surface area contributed by atoms with E-state index in [2.05, 4.69) is 19.2 Å². The van der Waals surface area contributed by atoms with Crippen LogP contribution in [0.5, 0.6) is 0 Å². The molecule has 15 heavy (non-hydrogen) atoms. The van der Waals surface area contributed by atoms with Crippen LogP contribution in [0.1, 0.15) is 32.3 Å². The minimum Gasteiger partial charge on any atom is -0.310 e. The highest BCUT2D eigenvalue weighted by molar-refractivity contribution is 5.16. The summed E-state index contributed by atoms with van der Waals surface area (Å²) in [6.45, 7) is 5.27. The molecular weight excluding hydrogens is 189 g/mol. The lowest BCUT2D eigenvalue weighted by Gasteiger charge is -2.20. The predicted molar refractivity (Wildman–Crippen MR) is 60.0 cm³/mol. The quantitative estimate of drug-likeness (QED) is 0.800. The highest BCUT2D eigenvalue weighted by atomic mass is 19.1. The second kappa shape index (κ2) is 3.93. The molecule has 1 saturated carbocycles. The molecule has 0 saturated heterocycles. The van der Waals surface area contributed by atoms with Gasteiger partial charge < -0.3 is 5.32 Å². The molecule has 2 heteroatoms. The summed E-state index contributed by atoms with van der Waals surface area (Å²) in [6, 6.07) is 7.30. The number of benzene rings is 1. The Hall–Kier alpha value is -0.890. The number of rotatable bonds is 4. The largest absolute Gasteiger partial charge is 0.310 e. The van der Waals surface area contributed by atoms with E-state index < -0.39 is 0 Å². The van der Waals surface area contributed by atoms with Crippen LogP contribution in [0.4, 0.5) is 4.39 Å². The fourth-order valence-corrected chi connectivity index (χ4v) is 1.79. The maximum atomic E-state index is 12.9. The maximum Gasteiger partial charge on any atom is 0.123 e. The highest BCUT2D eigenvalue weighted by Gasteiger charge is 2.42. The minimum absolute atomic E-state index is 0.153. The van der Waals surface area contributed by atoms with Crippen LogP contribution in [-0.2, 0) is 6.54 Å². The lowest BCUT2D eigenvalue weighted by atomic mass is 10.0. The standard InChI is InChI=1S/C13H18FN/c1-10(13(2)6-7-13)15-9-11-4-3-5-12(14)8-11/h3-5,8,10,15H,6-7,9H2,1-2H3. The summed E-state index contributed by atoms with van der Waals surface area (Å²) < 4.78 is 12.9. The Morgan fingerprint density at radius 3 is 2.80 bits per heavy atom. The van der Waals surface area contributed by atoms with Crippen molar-refractivity contribution < 1.29 is 4.39 Å². The van der Waals surface area contributed by atoms with Crippen LogP contribution in [-0.4, -0.2) is 6.04 Å². The first kappa shape index (κ1) is 10.6. The van der Waals surface area contributed by atoms with Crippen molar-refractivity contribution in [2.45, 2.75) is 39.3 Å². The first-order valence-electron chi connectivity index (χ1n) is 5.58. The van der Waals surface area contributed by atoms with Crippen LogP contribution in [0.15, 0.2) is 24.3 Å². The molecule has 0 heterocycles. The van der Waals surface area contributed by atoms with Gasteiger partial charge in [0.15, 0.2) is 0 Å². The maximum absolute atomic E-state index is 12.9. The van der Waals surface area contributed by atoms with Crippen LogP contribution in [0, 0.1) is 11.2 Å². The Labute approximate surface area is 90.7 Å². The number of hydrogen-bond acceptors (Lipinski definition) is 1.